The Balaban J connectivity index is 1.71. The highest BCUT2D eigenvalue weighted by atomic mass is 16.5. The average Bonchev–Trinajstić information content (AvgIpc) is 2.96. The number of H-pyrrole nitrogens is 1. The summed E-state index contributed by atoms with van der Waals surface area (Å²) in [6.07, 6.45) is 1.89. The van der Waals surface area contributed by atoms with E-state index in [0.29, 0.717) is 13.1 Å². The molecule has 7 nitrogen and oxygen atoms in total. The number of urea groups is 1. The molecule has 1 aliphatic rings. The van der Waals surface area contributed by atoms with Crippen molar-refractivity contribution in [2.45, 2.75) is 38.5 Å². The number of nitrogens with one attached hydrogen (secondary N) is 2. The lowest BCUT2D eigenvalue weighted by Gasteiger charge is -2.35. The van der Waals surface area contributed by atoms with E-state index in [1.165, 1.54) is 0 Å². The highest BCUT2D eigenvalue weighted by molar-refractivity contribution is 5.86. The second-order valence-electron chi connectivity index (χ2n) is 6.57. The van der Waals surface area contributed by atoms with Crippen molar-refractivity contribution in [1.82, 2.24) is 15.2 Å². The summed E-state index contributed by atoms with van der Waals surface area (Å²) in [6, 6.07) is 6.34. The van der Waals surface area contributed by atoms with Crippen LogP contribution in [0.4, 0.5) is 4.79 Å². The van der Waals surface area contributed by atoms with Gasteiger partial charge in [-0.25, -0.2) is 9.59 Å². The Morgan fingerprint density at radius 1 is 1.32 bits per heavy atom. The number of aliphatic carboxylic acids is 1. The van der Waals surface area contributed by atoms with Crippen LogP contribution in [0, 0.1) is 0 Å². The molecule has 1 aliphatic heterocycles. The molecule has 0 aliphatic carbocycles. The van der Waals surface area contributed by atoms with Crippen LogP contribution in [-0.4, -0.2) is 58.3 Å². The van der Waals surface area contributed by atoms with E-state index >= 15 is 0 Å². The summed E-state index contributed by atoms with van der Waals surface area (Å²) in [5.41, 5.74) is 1.82. The lowest BCUT2D eigenvalue weighted by molar-refractivity contribution is -0.139. The zero-order chi connectivity index (χ0) is 18.0. The monoisotopic (exact) mass is 345 g/mol. The van der Waals surface area contributed by atoms with Gasteiger partial charge in [0, 0.05) is 36.6 Å². The molecule has 0 bridgehead atoms. The van der Waals surface area contributed by atoms with Crippen molar-refractivity contribution in [3.05, 3.63) is 36.0 Å². The van der Waals surface area contributed by atoms with Crippen molar-refractivity contribution in [2.75, 3.05) is 13.1 Å². The fourth-order valence-corrected chi connectivity index (χ4v) is 3.30. The molecule has 2 aromatic rings. The van der Waals surface area contributed by atoms with Crippen LogP contribution < -0.4 is 5.32 Å². The quantitative estimate of drug-likeness (QED) is 0.790. The molecule has 134 valence electrons. The third-order valence-electron chi connectivity index (χ3n) is 4.40. The van der Waals surface area contributed by atoms with Crippen molar-refractivity contribution in [3.8, 4) is 0 Å². The van der Waals surface area contributed by atoms with Crippen molar-refractivity contribution < 1.29 is 19.4 Å². The summed E-state index contributed by atoms with van der Waals surface area (Å²) in [4.78, 5) is 28.9. The number of ether oxygens (including phenoxy) is 1. The Morgan fingerprint density at radius 3 is 2.68 bits per heavy atom. The van der Waals surface area contributed by atoms with Gasteiger partial charge in [-0.15, -0.1) is 0 Å². The van der Waals surface area contributed by atoms with Gasteiger partial charge in [0.05, 0.1) is 12.2 Å². The Labute approximate surface area is 146 Å². The van der Waals surface area contributed by atoms with Crippen molar-refractivity contribution in [1.29, 1.82) is 0 Å². The number of para-hydroxylation sites is 1. The molecular formula is C18H23N3O4. The Bertz CT molecular complexity index is 763. The fourth-order valence-electron chi connectivity index (χ4n) is 3.30. The molecule has 3 N–H and O–H groups in total. The molecule has 0 saturated carbocycles. The zero-order valence-corrected chi connectivity index (χ0v) is 14.4. The van der Waals surface area contributed by atoms with Crippen LogP contribution in [0.25, 0.3) is 10.9 Å². The first kappa shape index (κ1) is 17.3. The number of hydrogen-bond donors (Lipinski definition) is 3. The van der Waals surface area contributed by atoms with Gasteiger partial charge in [0.1, 0.15) is 6.04 Å². The molecule has 7 heteroatoms. The maximum Gasteiger partial charge on any atom is 0.326 e. The maximum absolute atomic E-state index is 12.5. The van der Waals surface area contributed by atoms with Crippen LogP contribution in [-0.2, 0) is 16.0 Å². The summed E-state index contributed by atoms with van der Waals surface area (Å²) in [5.74, 6) is -1.05. The molecular weight excluding hydrogens is 322 g/mol. The largest absolute Gasteiger partial charge is 0.480 e. The number of amides is 2. The van der Waals surface area contributed by atoms with Crippen LogP contribution in [0.3, 0.4) is 0 Å². The van der Waals surface area contributed by atoms with E-state index in [2.05, 4.69) is 10.3 Å². The molecule has 0 unspecified atom stereocenters. The SMILES string of the molecule is C[C@@H]1CN(C(=O)N[C@@H](Cc2c[nH]c3ccccc23)C(=O)O)C[C@H](C)O1. The van der Waals surface area contributed by atoms with Gasteiger partial charge in [-0.05, 0) is 25.5 Å². The van der Waals surface area contributed by atoms with Gasteiger partial charge in [0.25, 0.3) is 0 Å². The summed E-state index contributed by atoms with van der Waals surface area (Å²) in [5, 5.41) is 13.1. The standard InChI is InChI=1S/C18H23N3O4/c1-11-9-21(10-12(2)25-11)18(24)20-16(17(22)23)7-13-8-19-15-6-4-3-5-14(13)15/h3-6,8,11-12,16,19H,7,9-10H2,1-2H3,(H,20,24)(H,22,23)/t11-,12+,16-/m0/s1. The summed E-state index contributed by atoms with van der Waals surface area (Å²) < 4.78 is 5.61. The highest BCUT2D eigenvalue weighted by Crippen LogP contribution is 2.19. The lowest BCUT2D eigenvalue weighted by atomic mass is 10.1. The molecule has 1 aromatic heterocycles. The second-order valence-corrected chi connectivity index (χ2v) is 6.57. The number of carboxylic acids is 1. The molecule has 1 saturated heterocycles. The smallest absolute Gasteiger partial charge is 0.326 e. The van der Waals surface area contributed by atoms with Gasteiger partial charge >= 0.3 is 12.0 Å². The van der Waals surface area contributed by atoms with Gasteiger partial charge < -0.3 is 25.0 Å². The first-order valence-electron chi connectivity index (χ1n) is 8.42. The Morgan fingerprint density at radius 2 is 2.00 bits per heavy atom. The van der Waals surface area contributed by atoms with Gasteiger partial charge in [0.15, 0.2) is 0 Å². The summed E-state index contributed by atoms with van der Waals surface area (Å²) in [6.45, 7) is 4.71. The lowest BCUT2D eigenvalue weighted by Crippen LogP contribution is -2.55. The molecule has 3 atom stereocenters. The molecule has 3 rings (SSSR count). The predicted octanol–water partition coefficient (Wildman–Crippen LogP) is 1.98. The van der Waals surface area contributed by atoms with E-state index in [9.17, 15) is 14.7 Å². The third kappa shape index (κ3) is 3.93. The van der Waals surface area contributed by atoms with Crippen LogP contribution in [0.15, 0.2) is 30.5 Å². The van der Waals surface area contributed by atoms with Crippen LogP contribution in [0.2, 0.25) is 0 Å². The van der Waals surface area contributed by atoms with E-state index < -0.39 is 12.0 Å². The number of carboxylic acid groups (broad SMARTS) is 1. The molecule has 25 heavy (non-hydrogen) atoms. The molecule has 0 radical (unpaired) electrons. The fraction of sp³-hybridized carbons (Fsp3) is 0.444. The van der Waals surface area contributed by atoms with E-state index in [1.54, 1.807) is 11.1 Å². The van der Waals surface area contributed by atoms with Gasteiger partial charge in [-0.2, -0.15) is 0 Å². The molecule has 2 amide bonds. The number of benzene rings is 1. The normalized spacial score (nSPS) is 21.9. The zero-order valence-electron chi connectivity index (χ0n) is 14.4. The van der Waals surface area contributed by atoms with Gasteiger partial charge in [-0.1, -0.05) is 18.2 Å². The molecule has 2 heterocycles. The van der Waals surface area contributed by atoms with Gasteiger partial charge in [0.2, 0.25) is 0 Å². The van der Waals surface area contributed by atoms with E-state index in [0.717, 1.165) is 16.5 Å². The maximum atomic E-state index is 12.5. The van der Waals surface area contributed by atoms with Crippen LogP contribution >= 0.6 is 0 Å². The Hall–Kier alpha value is -2.54. The van der Waals surface area contributed by atoms with Gasteiger partial charge in [-0.3, -0.25) is 0 Å². The number of nitrogens with zero attached hydrogens (tertiary/aromatic N) is 1. The number of morpholine rings is 1. The summed E-state index contributed by atoms with van der Waals surface area (Å²) >= 11 is 0. The first-order valence-corrected chi connectivity index (χ1v) is 8.42. The minimum atomic E-state index is -1.05. The summed E-state index contributed by atoms with van der Waals surface area (Å²) in [7, 11) is 0. The third-order valence-corrected chi connectivity index (χ3v) is 4.40. The number of carbonyl (C=O) groups excluding carboxylic acids is 1. The first-order chi connectivity index (χ1) is 11.9. The topological polar surface area (TPSA) is 94.7 Å². The predicted molar refractivity (Wildman–Crippen MR) is 93.5 cm³/mol. The van der Waals surface area contributed by atoms with Crippen LogP contribution in [0.5, 0.6) is 0 Å². The number of aromatic nitrogens is 1. The average molecular weight is 345 g/mol. The number of carbonyl (C=O) groups is 2. The van der Waals surface area contributed by atoms with Crippen molar-refractivity contribution in [2.24, 2.45) is 0 Å². The second kappa shape index (κ2) is 7.14. The van der Waals surface area contributed by atoms with E-state index in [1.807, 2.05) is 38.1 Å². The Kier molecular flexibility index (Phi) is 4.94. The molecule has 1 fully saturated rings. The number of hydrogen-bond acceptors (Lipinski definition) is 3. The van der Waals surface area contributed by atoms with Crippen molar-refractivity contribution in [3.63, 3.8) is 0 Å². The van der Waals surface area contributed by atoms with E-state index in [4.69, 9.17) is 4.74 Å². The highest BCUT2D eigenvalue weighted by Gasteiger charge is 2.29. The van der Waals surface area contributed by atoms with Crippen LogP contribution in [0.1, 0.15) is 19.4 Å². The number of fused-ring (bicyclic) bond motifs is 1. The minimum Gasteiger partial charge on any atom is -0.480 e. The number of aromatic amines is 1. The molecule has 0 spiro atoms. The van der Waals surface area contributed by atoms with E-state index in [-0.39, 0.29) is 24.7 Å². The number of rotatable bonds is 4. The minimum absolute atomic E-state index is 0.0635. The van der Waals surface area contributed by atoms with Crippen molar-refractivity contribution >= 4 is 22.9 Å². The molecule has 1 aromatic carbocycles.